The van der Waals surface area contributed by atoms with E-state index in [4.69, 9.17) is 0 Å². The van der Waals surface area contributed by atoms with Crippen LogP contribution in [-0.4, -0.2) is 42.0 Å². The van der Waals surface area contributed by atoms with Gasteiger partial charge in [-0.15, -0.1) is 0 Å². The molecule has 6 nitrogen and oxygen atoms in total. The summed E-state index contributed by atoms with van der Waals surface area (Å²) < 4.78 is 27.8. The number of hydrogen-bond acceptors (Lipinski definition) is 3. The zero-order chi connectivity index (χ0) is 16.6. The third-order valence-electron chi connectivity index (χ3n) is 3.00. The van der Waals surface area contributed by atoms with Gasteiger partial charge in [-0.25, -0.2) is 17.5 Å². The highest BCUT2D eigenvalue weighted by Gasteiger charge is 2.28. The Morgan fingerprint density at radius 2 is 1.90 bits per heavy atom. The molecule has 0 saturated carbocycles. The molecule has 1 rings (SSSR count). The van der Waals surface area contributed by atoms with Crippen LogP contribution in [0.5, 0.6) is 0 Å². The summed E-state index contributed by atoms with van der Waals surface area (Å²) in [5, 5.41) is 9.19. The molecule has 1 aromatic rings. The standard InChI is InChI=1S/C14H24N2O4S/c1-10(2)16-8-11(7-12(16)13(17)18)21(19,20)15(6)9-14(3,4)5/h7-8,10H,9H2,1-6H3,(H,17,18). The predicted octanol–water partition coefficient (Wildman–Crippen LogP) is 2.43. The molecule has 0 amide bonds. The molecule has 7 heteroatoms. The lowest BCUT2D eigenvalue weighted by Crippen LogP contribution is -2.34. The van der Waals surface area contributed by atoms with Crippen LogP contribution in [-0.2, 0) is 10.0 Å². The number of sulfonamides is 1. The molecule has 0 atom stereocenters. The first kappa shape index (κ1) is 17.7. The molecular formula is C14H24N2O4S. The summed E-state index contributed by atoms with van der Waals surface area (Å²) in [6, 6.07) is 1.09. The second-order valence-corrected chi connectivity index (χ2v) is 8.73. The maximum atomic E-state index is 12.5. The van der Waals surface area contributed by atoms with Gasteiger partial charge in [-0.2, -0.15) is 0 Å². The highest BCUT2D eigenvalue weighted by Crippen LogP contribution is 2.24. The minimum absolute atomic E-state index is 0.0142. The summed E-state index contributed by atoms with van der Waals surface area (Å²) in [7, 11) is -2.18. The zero-order valence-electron chi connectivity index (χ0n) is 13.4. The number of rotatable bonds is 5. The molecule has 0 fully saturated rings. The van der Waals surface area contributed by atoms with E-state index < -0.39 is 16.0 Å². The molecule has 21 heavy (non-hydrogen) atoms. The van der Waals surface area contributed by atoms with E-state index in [1.54, 1.807) is 0 Å². The summed E-state index contributed by atoms with van der Waals surface area (Å²) in [6.45, 7) is 9.80. The highest BCUT2D eigenvalue weighted by molar-refractivity contribution is 7.89. The first-order valence-corrected chi connectivity index (χ1v) is 8.22. The van der Waals surface area contributed by atoms with Gasteiger partial charge in [-0.05, 0) is 25.3 Å². The van der Waals surface area contributed by atoms with Gasteiger partial charge in [0.1, 0.15) is 10.6 Å². The Bertz CT molecular complexity index is 624. The minimum atomic E-state index is -3.69. The van der Waals surface area contributed by atoms with Gasteiger partial charge in [0.15, 0.2) is 0 Å². The quantitative estimate of drug-likeness (QED) is 0.905. The average molecular weight is 316 g/mol. The average Bonchev–Trinajstić information content (AvgIpc) is 2.71. The fourth-order valence-corrected chi connectivity index (χ4v) is 3.55. The second-order valence-electron chi connectivity index (χ2n) is 6.69. The van der Waals surface area contributed by atoms with Gasteiger partial charge in [-0.3, -0.25) is 0 Å². The van der Waals surface area contributed by atoms with Crippen LogP contribution in [0.4, 0.5) is 0 Å². The van der Waals surface area contributed by atoms with Crippen LogP contribution >= 0.6 is 0 Å². The van der Waals surface area contributed by atoms with Crippen LogP contribution in [0, 0.1) is 5.41 Å². The molecule has 0 spiro atoms. The lowest BCUT2D eigenvalue weighted by molar-refractivity contribution is 0.0683. The van der Waals surface area contributed by atoms with E-state index in [1.807, 2.05) is 34.6 Å². The fraction of sp³-hybridized carbons (Fsp3) is 0.643. The number of aromatic carboxylic acids is 1. The van der Waals surface area contributed by atoms with Gasteiger partial charge in [0.25, 0.3) is 0 Å². The number of aromatic nitrogens is 1. The van der Waals surface area contributed by atoms with Gasteiger partial charge >= 0.3 is 5.97 Å². The Labute approximate surface area is 126 Å². The van der Waals surface area contributed by atoms with Crippen molar-refractivity contribution in [3.63, 3.8) is 0 Å². The molecule has 1 N–H and O–H groups in total. The molecule has 0 radical (unpaired) electrons. The van der Waals surface area contributed by atoms with Crippen molar-refractivity contribution in [3.05, 3.63) is 18.0 Å². The maximum Gasteiger partial charge on any atom is 0.352 e. The summed E-state index contributed by atoms with van der Waals surface area (Å²) in [6.07, 6.45) is 1.39. The van der Waals surface area contributed by atoms with Gasteiger partial charge in [0.2, 0.25) is 10.0 Å². The second kappa shape index (κ2) is 5.81. The van der Waals surface area contributed by atoms with Crippen molar-refractivity contribution in [3.8, 4) is 0 Å². The van der Waals surface area contributed by atoms with Crippen LogP contribution in [0.3, 0.4) is 0 Å². The van der Waals surface area contributed by atoms with E-state index >= 15 is 0 Å². The topological polar surface area (TPSA) is 79.6 Å². The summed E-state index contributed by atoms with van der Waals surface area (Å²) in [4.78, 5) is 11.3. The minimum Gasteiger partial charge on any atom is -0.477 e. The summed E-state index contributed by atoms with van der Waals surface area (Å²) in [5.41, 5.74) is -0.203. The number of hydrogen-bond donors (Lipinski definition) is 1. The SMILES string of the molecule is CC(C)n1cc(S(=O)(=O)N(C)CC(C)(C)C)cc1C(=O)O. The van der Waals surface area contributed by atoms with E-state index in [0.717, 1.165) is 0 Å². The third-order valence-corrected chi connectivity index (χ3v) is 4.77. The first-order valence-electron chi connectivity index (χ1n) is 6.78. The number of carboxylic acid groups (broad SMARTS) is 1. The lowest BCUT2D eigenvalue weighted by Gasteiger charge is -2.25. The van der Waals surface area contributed by atoms with Crippen LogP contribution in [0.1, 0.15) is 51.1 Å². The Hall–Kier alpha value is -1.34. The van der Waals surface area contributed by atoms with Gasteiger partial charge in [-0.1, -0.05) is 20.8 Å². The monoisotopic (exact) mass is 316 g/mol. The van der Waals surface area contributed by atoms with Crippen molar-refractivity contribution >= 4 is 16.0 Å². The zero-order valence-corrected chi connectivity index (χ0v) is 14.2. The molecule has 0 saturated heterocycles. The molecule has 0 unspecified atom stereocenters. The van der Waals surface area contributed by atoms with E-state index in [0.29, 0.717) is 6.54 Å². The molecular weight excluding hydrogens is 292 g/mol. The Kier molecular flexibility index (Phi) is 4.90. The van der Waals surface area contributed by atoms with Gasteiger partial charge in [0.05, 0.1) is 0 Å². The lowest BCUT2D eigenvalue weighted by atomic mass is 9.97. The first-order chi connectivity index (χ1) is 9.36. The number of carbonyl (C=O) groups is 1. The summed E-state index contributed by atoms with van der Waals surface area (Å²) >= 11 is 0. The molecule has 0 bridgehead atoms. The van der Waals surface area contributed by atoms with Crippen LogP contribution < -0.4 is 0 Å². The molecule has 0 aliphatic carbocycles. The van der Waals surface area contributed by atoms with Crippen molar-refractivity contribution in [2.45, 2.75) is 45.6 Å². The largest absolute Gasteiger partial charge is 0.477 e. The maximum absolute atomic E-state index is 12.5. The third kappa shape index (κ3) is 4.07. The number of nitrogens with zero attached hydrogens (tertiary/aromatic N) is 2. The smallest absolute Gasteiger partial charge is 0.352 e. The molecule has 1 heterocycles. The van der Waals surface area contributed by atoms with E-state index in [-0.39, 0.29) is 22.0 Å². The molecule has 0 aromatic carbocycles. The Morgan fingerprint density at radius 1 is 1.38 bits per heavy atom. The number of carboxylic acids is 1. The van der Waals surface area contributed by atoms with Crippen LogP contribution in [0.15, 0.2) is 17.2 Å². The van der Waals surface area contributed by atoms with E-state index in [2.05, 4.69) is 0 Å². The molecule has 1 aromatic heterocycles. The van der Waals surface area contributed by atoms with Crippen molar-refractivity contribution < 1.29 is 18.3 Å². The summed E-state index contributed by atoms with van der Waals surface area (Å²) in [5.74, 6) is -1.14. The normalized spacial score (nSPS) is 13.1. The van der Waals surface area contributed by atoms with Crippen LogP contribution in [0.25, 0.3) is 0 Å². The van der Waals surface area contributed by atoms with E-state index in [9.17, 15) is 18.3 Å². The molecule has 0 aliphatic heterocycles. The Balaban J connectivity index is 3.27. The van der Waals surface area contributed by atoms with Crippen molar-refractivity contribution in [2.24, 2.45) is 5.41 Å². The predicted molar refractivity (Wildman–Crippen MR) is 81.0 cm³/mol. The Morgan fingerprint density at radius 3 is 2.24 bits per heavy atom. The van der Waals surface area contributed by atoms with Crippen LogP contribution in [0.2, 0.25) is 0 Å². The van der Waals surface area contributed by atoms with Crippen molar-refractivity contribution in [1.29, 1.82) is 0 Å². The molecule has 120 valence electrons. The van der Waals surface area contributed by atoms with Gasteiger partial charge in [0, 0.05) is 25.8 Å². The van der Waals surface area contributed by atoms with Crippen molar-refractivity contribution in [1.82, 2.24) is 8.87 Å². The van der Waals surface area contributed by atoms with Gasteiger partial charge < -0.3 is 9.67 Å². The van der Waals surface area contributed by atoms with Crippen molar-refractivity contribution in [2.75, 3.05) is 13.6 Å². The van der Waals surface area contributed by atoms with E-state index in [1.165, 1.54) is 28.2 Å². The fourth-order valence-electron chi connectivity index (χ4n) is 2.13. The highest BCUT2D eigenvalue weighted by atomic mass is 32.2. The molecule has 0 aliphatic rings.